The number of hydrogen-bond acceptors (Lipinski definition) is 7. The first-order valence-electron chi connectivity index (χ1n) is 8.52. The fraction of sp³-hybridized carbons (Fsp3) is 0.100. The number of carbonyl (C=O) groups excluding carboxylic acids is 1. The van der Waals surface area contributed by atoms with Gasteiger partial charge in [0.2, 0.25) is 0 Å². The monoisotopic (exact) mass is 429 g/mol. The van der Waals surface area contributed by atoms with Crippen molar-refractivity contribution in [3.63, 3.8) is 0 Å². The summed E-state index contributed by atoms with van der Waals surface area (Å²) in [5.74, 6) is 0.959. The van der Waals surface area contributed by atoms with Crippen molar-refractivity contribution in [2.75, 3.05) is 14.2 Å². The quantitative estimate of drug-likeness (QED) is 0.340. The molecule has 0 radical (unpaired) electrons. The number of nitro groups is 1. The Balaban J connectivity index is 1.76. The molecule has 1 aromatic heterocycles. The molecule has 0 saturated carbocycles. The van der Waals surface area contributed by atoms with E-state index in [-0.39, 0.29) is 17.0 Å². The lowest BCUT2D eigenvalue weighted by Gasteiger charge is -2.06. The maximum absolute atomic E-state index is 12.3. The van der Waals surface area contributed by atoms with E-state index in [0.29, 0.717) is 27.9 Å². The maximum atomic E-state index is 12.3. The SMILES string of the molecule is COc1ccc([N+](=O)[O-])cc1C(=O)N/N=C\c1ccc(-c2cc(Cl)ccc2OC)o1. The van der Waals surface area contributed by atoms with E-state index in [1.54, 1.807) is 30.3 Å². The van der Waals surface area contributed by atoms with Crippen LogP contribution in [-0.4, -0.2) is 31.3 Å². The normalized spacial score (nSPS) is 10.8. The van der Waals surface area contributed by atoms with Gasteiger partial charge in [0.1, 0.15) is 23.0 Å². The molecule has 0 fully saturated rings. The number of benzene rings is 2. The molecular formula is C20H16ClN3O6. The van der Waals surface area contributed by atoms with Gasteiger partial charge in [0.25, 0.3) is 11.6 Å². The van der Waals surface area contributed by atoms with Crippen LogP contribution in [0, 0.1) is 10.1 Å². The first kappa shape index (κ1) is 20.9. The van der Waals surface area contributed by atoms with Gasteiger partial charge < -0.3 is 13.9 Å². The molecule has 9 nitrogen and oxygen atoms in total. The zero-order valence-corrected chi connectivity index (χ0v) is 16.7. The first-order valence-corrected chi connectivity index (χ1v) is 8.90. The Labute approximate surface area is 176 Å². The van der Waals surface area contributed by atoms with E-state index in [4.69, 9.17) is 25.5 Å². The minimum Gasteiger partial charge on any atom is -0.496 e. The van der Waals surface area contributed by atoms with Crippen LogP contribution in [0.3, 0.4) is 0 Å². The smallest absolute Gasteiger partial charge is 0.275 e. The number of hydrogen-bond donors (Lipinski definition) is 1. The minimum absolute atomic E-state index is 0.0207. The third kappa shape index (κ3) is 4.58. The van der Waals surface area contributed by atoms with Crippen molar-refractivity contribution in [3.05, 3.63) is 75.0 Å². The van der Waals surface area contributed by atoms with Crippen LogP contribution in [0.15, 0.2) is 58.0 Å². The first-order chi connectivity index (χ1) is 14.4. The molecule has 1 amide bonds. The second-order valence-electron chi connectivity index (χ2n) is 5.89. The van der Waals surface area contributed by atoms with E-state index in [9.17, 15) is 14.9 Å². The number of ether oxygens (including phenoxy) is 2. The highest BCUT2D eigenvalue weighted by molar-refractivity contribution is 6.30. The molecule has 154 valence electrons. The highest BCUT2D eigenvalue weighted by Crippen LogP contribution is 2.33. The number of nitro benzene ring substituents is 1. The summed E-state index contributed by atoms with van der Waals surface area (Å²) < 4.78 is 16.1. The summed E-state index contributed by atoms with van der Waals surface area (Å²) in [6.07, 6.45) is 1.29. The zero-order valence-electron chi connectivity index (χ0n) is 15.9. The standard InChI is InChI=1S/C20H16ClN3O6/c1-28-17-6-3-12(21)9-15(17)19-8-5-14(30-19)11-22-23-20(25)16-10-13(24(26)27)4-7-18(16)29-2/h3-11H,1-2H3,(H,23,25)/b22-11-. The summed E-state index contributed by atoms with van der Waals surface area (Å²) in [5.41, 5.74) is 2.69. The Morgan fingerprint density at radius 2 is 1.87 bits per heavy atom. The maximum Gasteiger partial charge on any atom is 0.275 e. The molecule has 0 spiro atoms. The summed E-state index contributed by atoms with van der Waals surface area (Å²) in [6.45, 7) is 0. The predicted octanol–water partition coefficient (Wildman–Crippen LogP) is 4.29. The molecule has 0 aliphatic rings. The Bertz CT molecular complexity index is 1130. The Morgan fingerprint density at radius 1 is 1.13 bits per heavy atom. The third-order valence-corrected chi connectivity index (χ3v) is 4.29. The molecule has 0 saturated heterocycles. The van der Waals surface area contributed by atoms with Gasteiger partial charge in [-0.1, -0.05) is 11.6 Å². The van der Waals surface area contributed by atoms with E-state index < -0.39 is 10.8 Å². The Morgan fingerprint density at radius 3 is 2.57 bits per heavy atom. The average molecular weight is 430 g/mol. The van der Waals surface area contributed by atoms with Crippen molar-refractivity contribution < 1.29 is 23.6 Å². The molecule has 0 bridgehead atoms. The van der Waals surface area contributed by atoms with E-state index in [1.165, 1.54) is 32.6 Å². The molecule has 10 heteroatoms. The van der Waals surface area contributed by atoms with Crippen molar-refractivity contribution in [2.24, 2.45) is 5.10 Å². The number of amides is 1. The molecule has 1 N–H and O–H groups in total. The van der Waals surface area contributed by atoms with Crippen LogP contribution in [0.25, 0.3) is 11.3 Å². The van der Waals surface area contributed by atoms with Crippen molar-refractivity contribution in [3.8, 4) is 22.8 Å². The number of nitrogens with one attached hydrogen (secondary N) is 1. The van der Waals surface area contributed by atoms with Gasteiger partial charge in [-0.15, -0.1) is 0 Å². The van der Waals surface area contributed by atoms with Gasteiger partial charge in [0.15, 0.2) is 0 Å². The van der Waals surface area contributed by atoms with Crippen molar-refractivity contribution >= 4 is 29.4 Å². The van der Waals surface area contributed by atoms with Crippen LogP contribution in [-0.2, 0) is 0 Å². The fourth-order valence-electron chi connectivity index (χ4n) is 2.64. The lowest BCUT2D eigenvalue weighted by molar-refractivity contribution is -0.384. The fourth-order valence-corrected chi connectivity index (χ4v) is 2.81. The predicted molar refractivity (Wildman–Crippen MR) is 110 cm³/mol. The van der Waals surface area contributed by atoms with E-state index in [1.807, 2.05) is 0 Å². The lowest BCUT2D eigenvalue weighted by Crippen LogP contribution is -2.18. The highest BCUT2D eigenvalue weighted by atomic mass is 35.5. The number of non-ortho nitro benzene ring substituents is 1. The van der Waals surface area contributed by atoms with Crippen LogP contribution in [0.1, 0.15) is 16.1 Å². The van der Waals surface area contributed by atoms with E-state index >= 15 is 0 Å². The summed E-state index contributed by atoms with van der Waals surface area (Å²) in [7, 11) is 2.89. The molecule has 30 heavy (non-hydrogen) atoms. The third-order valence-electron chi connectivity index (χ3n) is 4.05. The van der Waals surface area contributed by atoms with Gasteiger partial charge in [-0.3, -0.25) is 14.9 Å². The molecule has 3 rings (SSSR count). The second kappa shape index (κ2) is 9.10. The summed E-state index contributed by atoms with van der Waals surface area (Å²) in [5, 5.41) is 15.3. The van der Waals surface area contributed by atoms with Crippen molar-refractivity contribution in [1.82, 2.24) is 5.43 Å². The Kier molecular flexibility index (Phi) is 6.33. The number of hydrazone groups is 1. The average Bonchev–Trinajstić information content (AvgIpc) is 3.21. The summed E-state index contributed by atoms with van der Waals surface area (Å²) in [6, 6.07) is 12.2. The van der Waals surface area contributed by atoms with E-state index in [2.05, 4.69) is 10.5 Å². The molecule has 0 aliphatic heterocycles. The number of carbonyl (C=O) groups is 1. The number of halogens is 1. The van der Waals surface area contributed by atoms with Crippen LogP contribution in [0.5, 0.6) is 11.5 Å². The van der Waals surface area contributed by atoms with Gasteiger partial charge in [-0.2, -0.15) is 5.10 Å². The molecule has 3 aromatic rings. The molecular weight excluding hydrogens is 414 g/mol. The molecule has 0 atom stereocenters. The Hall–Kier alpha value is -3.85. The van der Waals surface area contributed by atoms with E-state index in [0.717, 1.165) is 6.07 Å². The second-order valence-corrected chi connectivity index (χ2v) is 6.32. The molecule has 2 aromatic carbocycles. The van der Waals surface area contributed by atoms with Crippen LogP contribution in [0.4, 0.5) is 5.69 Å². The number of nitrogens with zero attached hydrogens (tertiary/aromatic N) is 2. The van der Waals surface area contributed by atoms with Gasteiger partial charge in [0, 0.05) is 17.2 Å². The molecule has 0 unspecified atom stereocenters. The van der Waals surface area contributed by atoms with Crippen LogP contribution >= 0.6 is 11.6 Å². The molecule has 1 heterocycles. The highest BCUT2D eigenvalue weighted by Gasteiger charge is 2.17. The van der Waals surface area contributed by atoms with Gasteiger partial charge >= 0.3 is 0 Å². The lowest BCUT2D eigenvalue weighted by atomic mass is 10.1. The van der Waals surface area contributed by atoms with Crippen LogP contribution in [0.2, 0.25) is 5.02 Å². The van der Waals surface area contributed by atoms with Gasteiger partial charge in [-0.25, -0.2) is 5.43 Å². The number of methoxy groups -OCH3 is 2. The van der Waals surface area contributed by atoms with Gasteiger partial charge in [0.05, 0.1) is 36.5 Å². The largest absolute Gasteiger partial charge is 0.496 e. The summed E-state index contributed by atoms with van der Waals surface area (Å²) in [4.78, 5) is 22.7. The molecule has 0 aliphatic carbocycles. The zero-order chi connectivity index (χ0) is 21.7. The van der Waals surface area contributed by atoms with Crippen LogP contribution < -0.4 is 14.9 Å². The van der Waals surface area contributed by atoms with Crippen molar-refractivity contribution in [2.45, 2.75) is 0 Å². The van der Waals surface area contributed by atoms with Gasteiger partial charge in [-0.05, 0) is 36.4 Å². The number of furan rings is 1. The summed E-state index contributed by atoms with van der Waals surface area (Å²) >= 11 is 6.04. The minimum atomic E-state index is -0.671. The topological polar surface area (TPSA) is 116 Å². The number of rotatable bonds is 7. The van der Waals surface area contributed by atoms with Crippen molar-refractivity contribution in [1.29, 1.82) is 0 Å².